The summed E-state index contributed by atoms with van der Waals surface area (Å²) in [5.74, 6) is 0. The van der Waals surface area contributed by atoms with Gasteiger partial charge in [0, 0.05) is 0 Å². The highest BCUT2D eigenvalue weighted by atomic mass is 127. The van der Waals surface area contributed by atoms with Gasteiger partial charge in [-0.15, -0.1) is 11.3 Å². The highest BCUT2D eigenvalue weighted by Gasteiger charge is 1.91. The molecule has 0 unspecified atom stereocenters. The zero-order valence-electron chi connectivity index (χ0n) is 5.50. The summed E-state index contributed by atoms with van der Waals surface area (Å²) in [6, 6.07) is 3.84. The maximum absolute atomic E-state index is 5.30. The largest absolute Gasteiger partial charge is 0.389 e. The smallest absolute Gasteiger partial charge is 0.114 e. The van der Waals surface area contributed by atoms with Gasteiger partial charge in [0.15, 0.2) is 0 Å². The number of thiophene rings is 1. The van der Waals surface area contributed by atoms with Crippen molar-refractivity contribution in [3.05, 3.63) is 22.4 Å². The molecule has 1 heterocycles. The molecule has 4 heteroatoms. The number of halogens is 1. The van der Waals surface area contributed by atoms with E-state index in [-0.39, 0.29) is 0 Å². The lowest BCUT2D eigenvalue weighted by Crippen LogP contribution is -2.06. The summed E-state index contributed by atoms with van der Waals surface area (Å²) in [5, 5.41) is 1.95. The predicted molar refractivity (Wildman–Crippen MR) is 60.2 cm³/mol. The molecule has 0 radical (unpaired) electrons. The molecule has 0 amide bonds. The molecule has 1 nitrogen and oxygen atoms in total. The third-order valence-corrected chi connectivity index (χ3v) is 2.02. The molecule has 0 saturated heterocycles. The van der Waals surface area contributed by atoms with Crippen molar-refractivity contribution in [1.29, 1.82) is 0 Å². The van der Waals surface area contributed by atoms with Gasteiger partial charge in [-0.3, -0.25) is 0 Å². The van der Waals surface area contributed by atoms with Gasteiger partial charge in [0.05, 0.1) is 4.88 Å². The first-order valence-corrected chi connectivity index (χ1v) is 5.96. The molecule has 0 saturated carbocycles. The molecule has 0 fully saturated rings. The van der Waals surface area contributed by atoms with E-state index in [2.05, 4.69) is 22.6 Å². The van der Waals surface area contributed by atoms with Crippen LogP contribution in [0.15, 0.2) is 17.5 Å². The van der Waals surface area contributed by atoms with Gasteiger partial charge in [-0.1, -0.05) is 40.9 Å². The SMILES string of the molecule is CI.NC(=S)c1cccs1. The highest BCUT2D eigenvalue weighted by molar-refractivity contribution is 14.1. The van der Waals surface area contributed by atoms with Gasteiger partial charge in [-0.25, -0.2) is 0 Å². The third kappa shape index (κ3) is 3.48. The molecule has 56 valence electrons. The average molecular weight is 285 g/mol. The second-order valence-electron chi connectivity index (χ2n) is 1.34. The molecule has 1 aromatic heterocycles. The Morgan fingerprint density at radius 2 is 2.30 bits per heavy atom. The van der Waals surface area contributed by atoms with Crippen LogP contribution in [0.5, 0.6) is 0 Å². The van der Waals surface area contributed by atoms with Crippen molar-refractivity contribution in [3.63, 3.8) is 0 Å². The predicted octanol–water partition coefficient (Wildman–Crippen LogP) is 2.43. The maximum atomic E-state index is 5.30. The van der Waals surface area contributed by atoms with Crippen LogP contribution in [-0.4, -0.2) is 9.92 Å². The number of nitrogens with two attached hydrogens (primary N) is 1. The van der Waals surface area contributed by atoms with Crippen molar-refractivity contribution in [3.8, 4) is 0 Å². The Morgan fingerprint density at radius 3 is 2.50 bits per heavy atom. The first-order valence-electron chi connectivity index (χ1n) is 2.52. The Bertz CT molecular complexity index is 184. The van der Waals surface area contributed by atoms with E-state index >= 15 is 0 Å². The number of thiocarbonyl (C=S) groups is 1. The Kier molecular flexibility index (Phi) is 6.25. The molecule has 0 atom stereocenters. The van der Waals surface area contributed by atoms with Crippen LogP contribution in [0.3, 0.4) is 0 Å². The number of hydrogen-bond acceptors (Lipinski definition) is 2. The Hall–Kier alpha value is 0.320. The van der Waals surface area contributed by atoms with Gasteiger partial charge in [-0.05, 0) is 16.4 Å². The minimum atomic E-state index is 0.486. The molecule has 10 heavy (non-hydrogen) atoms. The molecule has 1 aromatic rings. The fourth-order valence-electron chi connectivity index (χ4n) is 0.419. The molecule has 0 aliphatic carbocycles. The van der Waals surface area contributed by atoms with Crippen molar-refractivity contribution in [2.75, 3.05) is 4.93 Å². The Morgan fingerprint density at radius 1 is 1.70 bits per heavy atom. The third-order valence-electron chi connectivity index (χ3n) is 0.764. The van der Waals surface area contributed by atoms with Gasteiger partial charge >= 0.3 is 0 Å². The van der Waals surface area contributed by atoms with E-state index in [0.717, 1.165) is 4.88 Å². The standard InChI is InChI=1S/C5H5NS2.CH3I/c6-5(7)4-2-1-3-8-4;1-2/h1-3H,(H2,6,7);1H3. The molecule has 0 aliphatic rings. The van der Waals surface area contributed by atoms with Crippen LogP contribution in [0, 0.1) is 0 Å². The summed E-state index contributed by atoms with van der Waals surface area (Å²) in [7, 11) is 0. The van der Waals surface area contributed by atoms with Crippen molar-refractivity contribution in [2.24, 2.45) is 5.73 Å². The van der Waals surface area contributed by atoms with E-state index in [0.29, 0.717) is 4.99 Å². The van der Waals surface area contributed by atoms with Crippen LogP contribution in [-0.2, 0) is 0 Å². The van der Waals surface area contributed by atoms with Gasteiger partial charge in [0.25, 0.3) is 0 Å². The minimum Gasteiger partial charge on any atom is -0.389 e. The quantitative estimate of drug-likeness (QED) is 0.487. The van der Waals surface area contributed by atoms with Gasteiger partial charge in [0.2, 0.25) is 0 Å². The van der Waals surface area contributed by atoms with Crippen LogP contribution < -0.4 is 5.73 Å². The summed E-state index contributed by atoms with van der Waals surface area (Å²) in [6.07, 6.45) is 0. The fraction of sp³-hybridized carbons (Fsp3) is 0.167. The van der Waals surface area contributed by atoms with E-state index < -0.39 is 0 Å². The summed E-state index contributed by atoms with van der Waals surface area (Å²) < 4.78 is 0. The Labute approximate surface area is 83.8 Å². The fourth-order valence-corrected chi connectivity index (χ4v) is 1.21. The van der Waals surface area contributed by atoms with Crippen molar-refractivity contribution in [1.82, 2.24) is 0 Å². The van der Waals surface area contributed by atoms with Crippen LogP contribution in [0.25, 0.3) is 0 Å². The maximum Gasteiger partial charge on any atom is 0.114 e. The average Bonchev–Trinajstić information content (AvgIpc) is 2.42. The molecule has 1 rings (SSSR count). The summed E-state index contributed by atoms with van der Waals surface area (Å²) in [5.41, 5.74) is 5.30. The molecule has 0 aliphatic heterocycles. The Balaban J connectivity index is 0.000000371. The summed E-state index contributed by atoms with van der Waals surface area (Å²) in [4.78, 5) is 3.44. The van der Waals surface area contributed by atoms with Gasteiger partial charge in [-0.2, -0.15) is 0 Å². The lowest BCUT2D eigenvalue weighted by molar-refractivity contribution is 1.79. The van der Waals surface area contributed by atoms with Crippen LogP contribution >= 0.6 is 46.1 Å². The zero-order chi connectivity index (χ0) is 7.98. The van der Waals surface area contributed by atoms with Crippen LogP contribution in [0.4, 0.5) is 0 Å². The highest BCUT2D eigenvalue weighted by Crippen LogP contribution is 2.06. The van der Waals surface area contributed by atoms with E-state index in [9.17, 15) is 0 Å². The summed E-state index contributed by atoms with van der Waals surface area (Å²) in [6.45, 7) is 0. The monoisotopic (exact) mass is 285 g/mol. The second kappa shape index (κ2) is 6.06. The van der Waals surface area contributed by atoms with E-state index in [1.165, 1.54) is 0 Å². The van der Waals surface area contributed by atoms with E-state index in [4.69, 9.17) is 18.0 Å². The molecule has 2 N–H and O–H groups in total. The van der Waals surface area contributed by atoms with Crippen molar-refractivity contribution in [2.45, 2.75) is 0 Å². The lowest BCUT2D eigenvalue weighted by atomic mass is 10.5. The molecular formula is C6H8INS2. The molecule has 0 spiro atoms. The molecule has 0 aromatic carbocycles. The van der Waals surface area contributed by atoms with E-state index in [1.807, 2.05) is 22.4 Å². The molecule has 0 bridgehead atoms. The van der Waals surface area contributed by atoms with Crippen molar-refractivity contribution >= 4 is 51.1 Å². The number of alkyl halides is 1. The van der Waals surface area contributed by atoms with Crippen LogP contribution in [0.1, 0.15) is 4.88 Å². The first-order chi connectivity index (χ1) is 4.80. The number of rotatable bonds is 1. The topological polar surface area (TPSA) is 26.0 Å². The van der Waals surface area contributed by atoms with Gasteiger partial charge < -0.3 is 5.73 Å². The second-order valence-corrected chi connectivity index (χ2v) is 2.73. The number of hydrogen-bond donors (Lipinski definition) is 1. The zero-order valence-corrected chi connectivity index (χ0v) is 9.29. The van der Waals surface area contributed by atoms with Crippen molar-refractivity contribution < 1.29 is 0 Å². The normalized spacial score (nSPS) is 7.80. The minimum absolute atomic E-state index is 0.486. The van der Waals surface area contributed by atoms with Gasteiger partial charge in [0.1, 0.15) is 4.99 Å². The molecular weight excluding hydrogens is 277 g/mol. The summed E-state index contributed by atoms with van der Waals surface area (Å²) >= 11 is 8.42. The first kappa shape index (κ1) is 10.3. The van der Waals surface area contributed by atoms with Crippen LogP contribution in [0.2, 0.25) is 0 Å². The lowest BCUT2D eigenvalue weighted by Gasteiger charge is -1.84. The van der Waals surface area contributed by atoms with E-state index in [1.54, 1.807) is 11.3 Å².